The number of nitrogens with zero attached hydrogens (tertiary/aromatic N) is 2. The number of nitrogens with one attached hydrogen (secondary N) is 1. The van der Waals surface area contributed by atoms with Gasteiger partial charge in [-0.05, 0) is 60.2 Å². The van der Waals surface area contributed by atoms with E-state index >= 15 is 0 Å². The van der Waals surface area contributed by atoms with Gasteiger partial charge in [-0.3, -0.25) is 4.79 Å². The van der Waals surface area contributed by atoms with Gasteiger partial charge in [0, 0.05) is 38.3 Å². The second-order valence-corrected chi connectivity index (χ2v) is 7.09. The molecule has 27 heavy (non-hydrogen) atoms. The van der Waals surface area contributed by atoms with Crippen molar-refractivity contribution in [3.63, 3.8) is 0 Å². The summed E-state index contributed by atoms with van der Waals surface area (Å²) in [6.45, 7) is 3.40. The molecule has 1 aromatic heterocycles. The van der Waals surface area contributed by atoms with E-state index in [-0.39, 0.29) is 5.91 Å². The molecule has 3 heterocycles. The number of benzene rings is 1. The highest BCUT2D eigenvalue weighted by molar-refractivity contribution is 5.91. The molecule has 0 radical (unpaired) electrons. The van der Waals surface area contributed by atoms with Gasteiger partial charge in [-0.25, -0.2) is 4.98 Å². The first-order valence-electron chi connectivity index (χ1n) is 9.69. The topological polar surface area (TPSA) is 54.5 Å². The van der Waals surface area contributed by atoms with Gasteiger partial charge in [-0.2, -0.15) is 0 Å². The summed E-state index contributed by atoms with van der Waals surface area (Å²) in [4.78, 5) is 19.0. The molecule has 2 aromatic rings. The molecule has 0 unspecified atom stereocenters. The zero-order chi connectivity index (χ0) is 18.5. The van der Waals surface area contributed by atoms with Crippen LogP contribution in [0.4, 0.5) is 5.82 Å². The minimum Gasteiger partial charge on any atom is -0.493 e. The first kappa shape index (κ1) is 17.6. The van der Waals surface area contributed by atoms with E-state index in [1.807, 2.05) is 30.5 Å². The van der Waals surface area contributed by atoms with Crippen LogP contribution in [0.1, 0.15) is 36.0 Å². The van der Waals surface area contributed by atoms with Gasteiger partial charge in [-0.15, -0.1) is 0 Å². The molecule has 140 valence electrons. The summed E-state index contributed by atoms with van der Waals surface area (Å²) in [5, 5.41) is 2.92. The maximum absolute atomic E-state index is 12.1. The van der Waals surface area contributed by atoms with E-state index in [1.165, 1.54) is 24.8 Å². The number of ether oxygens (including phenoxy) is 1. The smallest absolute Gasteiger partial charge is 0.244 e. The lowest BCUT2D eigenvalue weighted by atomic mass is 10.1. The minimum absolute atomic E-state index is 0.105. The van der Waals surface area contributed by atoms with E-state index < -0.39 is 0 Å². The predicted octanol–water partition coefficient (Wildman–Crippen LogP) is 3.34. The molecule has 0 atom stereocenters. The number of fused-ring (bicyclic) bond motifs is 1. The van der Waals surface area contributed by atoms with Crippen molar-refractivity contribution in [2.45, 2.75) is 32.2 Å². The molecule has 1 amide bonds. The fourth-order valence-electron chi connectivity index (χ4n) is 3.56. The molecule has 1 saturated heterocycles. The molecule has 0 spiro atoms. The molecular formula is C22H25N3O2. The number of carbonyl (C=O) groups is 1. The number of hydrogen-bond acceptors (Lipinski definition) is 4. The van der Waals surface area contributed by atoms with Crippen molar-refractivity contribution in [1.29, 1.82) is 0 Å². The number of amides is 1. The van der Waals surface area contributed by atoms with Crippen LogP contribution in [-0.2, 0) is 17.8 Å². The van der Waals surface area contributed by atoms with Crippen molar-refractivity contribution in [3.05, 3.63) is 59.3 Å². The second kappa shape index (κ2) is 8.25. The summed E-state index contributed by atoms with van der Waals surface area (Å²) in [5.41, 5.74) is 3.23. The Morgan fingerprint density at radius 2 is 2.07 bits per heavy atom. The molecule has 1 N–H and O–H groups in total. The standard InChI is InChI=1S/C22H25N3O2/c26-22(9-6-17-4-7-20-19(14-17)10-13-27-20)24-16-18-5-8-21(23-15-18)25-11-2-1-3-12-25/h4-9,14-15H,1-3,10-13,16H2,(H,24,26)/b9-6+. The number of rotatable bonds is 5. The third-order valence-corrected chi connectivity index (χ3v) is 5.10. The number of piperidine rings is 1. The lowest BCUT2D eigenvalue weighted by molar-refractivity contribution is -0.116. The molecule has 5 nitrogen and oxygen atoms in total. The molecule has 5 heteroatoms. The van der Waals surface area contributed by atoms with Gasteiger partial charge in [0.25, 0.3) is 0 Å². The molecule has 0 bridgehead atoms. The van der Waals surface area contributed by atoms with E-state index in [4.69, 9.17) is 4.74 Å². The predicted molar refractivity (Wildman–Crippen MR) is 107 cm³/mol. The summed E-state index contributed by atoms with van der Waals surface area (Å²) in [6, 6.07) is 10.1. The number of aromatic nitrogens is 1. The number of anilines is 1. The van der Waals surface area contributed by atoms with Crippen LogP contribution in [0.15, 0.2) is 42.6 Å². The normalized spacial score (nSPS) is 16.2. The highest BCUT2D eigenvalue weighted by Gasteiger charge is 2.12. The van der Waals surface area contributed by atoms with Crippen molar-refractivity contribution in [2.75, 3.05) is 24.6 Å². The van der Waals surface area contributed by atoms with E-state index in [2.05, 4.69) is 27.3 Å². The molecular weight excluding hydrogens is 338 g/mol. The molecule has 4 rings (SSSR count). The van der Waals surface area contributed by atoms with Crippen LogP contribution in [0.25, 0.3) is 6.08 Å². The van der Waals surface area contributed by atoms with E-state index in [1.54, 1.807) is 6.08 Å². The van der Waals surface area contributed by atoms with Crippen LogP contribution in [0, 0.1) is 0 Å². The summed E-state index contributed by atoms with van der Waals surface area (Å²) < 4.78 is 5.50. The molecule has 2 aliphatic heterocycles. The van der Waals surface area contributed by atoms with Crippen molar-refractivity contribution < 1.29 is 9.53 Å². The van der Waals surface area contributed by atoms with Gasteiger partial charge >= 0.3 is 0 Å². The first-order chi connectivity index (χ1) is 13.3. The highest BCUT2D eigenvalue weighted by Crippen LogP contribution is 2.26. The lowest BCUT2D eigenvalue weighted by Crippen LogP contribution is -2.30. The fourth-order valence-corrected chi connectivity index (χ4v) is 3.56. The average molecular weight is 363 g/mol. The number of hydrogen-bond donors (Lipinski definition) is 1. The monoisotopic (exact) mass is 363 g/mol. The Hall–Kier alpha value is -2.82. The Bertz CT molecular complexity index is 824. The second-order valence-electron chi connectivity index (χ2n) is 7.09. The quantitative estimate of drug-likeness (QED) is 0.828. The summed E-state index contributed by atoms with van der Waals surface area (Å²) >= 11 is 0. The van der Waals surface area contributed by atoms with Crippen LogP contribution in [-0.4, -0.2) is 30.6 Å². The Kier molecular flexibility index (Phi) is 5.37. The number of carbonyl (C=O) groups excluding carboxylic acids is 1. The summed E-state index contributed by atoms with van der Waals surface area (Å²) in [5.74, 6) is 1.88. The minimum atomic E-state index is -0.105. The molecule has 0 saturated carbocycles. The first-order valence-corrected chi connectivity index (χ1v) is 9.69. The fraction of sp³-hybridized carbons (Fsp3) is 0.364. The molecule has 0 aliphatic carbocycles. The Balaban J connectivity index is 1.28. The SMILES string of the molecule is O=C(/C=C/c1ccc2c(c1)CCO2)NCc1ccc(N2CCCCC2)nc1. The van der Waals surface area contributed by atoms with E-state index in [0.29, 0.717) is 6.54 Å². The van der Waals surface area contributed by atoms with Gasteiger partial charge in [0.05, 0.1) is 6.61 Å². The van der Waals surface area contributed by atoms with E-state index in [9.17, 15) is 4.79 Å². The van der Waals surface area contributed by atoms with Crippen molar-refractivity contribution in [2.24, 2.45) is 0 Å². The van der Waals surface area contributed by atoms with Crippen molar-refractivity contribution in [1.82, 2.24) is 10.3 Å². The van der Waals surface area contributed by atoms with Gasteiger partial charge < -0.3 is 15.0 Å². The van der Waals surface area contributed by atoms with Crippen LogP contribution in [0.2, 0.25) is 0 Å². The molecule has 2 aliphatic rings. The average Bonchev–Trinajstić information content (AvgIpc) is 3.19. The third-order valence-electron chi connectivity index (χ3n) is 5.10. The largest absolute Gasteiger partial charge is 0.493 e. The molecule has 1 aromatic carbocycles. The van der Waals surface area contributed by atoms with Crippen molar-refractivity contribution >= 4 is 17.8 Å². The zero-order valence-electron chi connectivity index (χ0n) is 15.5. The highest BCUT2D eigenvalue weighted by atomic mass is 16.5. The zero-order valence-corrected chi connectivity index (χ0v) is 15.5. The van der Waals surface area contributed by atoms with Gasteiger partial charge in [0.1, 0.15) is 11.6 Å². The maximum Gasteiger partial charge on any atom is 0.244 e. The summed E-state index contributed by atoms with van der Waals surface area (Å²) in [6.07, 6.45) is 10.00. The summed E-state index contributed by atoms with van der Waals surface area (Å²) in [7, 11) is 0. The Morgan fingerprint density at radius 3 is 2.89 bits per heavy atom. The maximum atomic E-state index is 12.1. The van der Waals surface area contributed by atoms with Gasteiger partial charge in [0.15, 0.2) is 0 Å². The molecule has 1 fully saturated rings. The number of pyridine rings is 1. The van der Waals surface area contributed by atoms with Crippen LogP contribution < -0.4 is 15.0 Å². The lowest BCUT2D eigenvalue weighted by Gasteiger charge is -2.27. The van der Waals surface area contributed by atoms with E-state index in [0.717, 1.165) is 48.8 Å². The van der Waals surface area contributed by atoms with Gasteiger partial charge in [0.2, 0.25) is 5.91 Å². The van der Waals surface area contributed by atoms with Crippen molar-refractivity contribution in [3.8, 4) is 5.75 Å². The van der Waals surface area contributed by atoms with Crippen LogP contribution in [0.3, 0.4) is 0 Å². The van der Waals surface area contributed by atoms with Gasteiger partial charge in [-0.1, -0.05) is 12.1 Å². The Morgan fingerprint density at radius 1 is 1.19 bits per heavy atom. The van der Waals surface area contributed by atoms with Crippen LogP contribution in [0.5, 0.6) is 5.75 Å². The third kappa shape index (κ3) is 4.48. The van der Waals surface area contributed by atoms with Crippen LogP contribution >= 0.6 is 0 Å². The Labute approximate surface area is 160 Å².